The molecule has 0 radical (unpaired) electrons. The molecule has 0 amide bonds. The average Bonchev–Trinajstić information content (AvgIpc) is 2.72. The van der Waals surface area contributed by atoms with Crippen LogP contribution in [0.15, 0.2) is 85.5 Å². The highest BCUT2D eigenvalue weighted by Crippen LogP contribution is 2.37. The van der Waals surface area contributed by atoms with E-state index in [1.165, 1.54) is 0 Å². The van der Waals surface area contributed by atoms with Crippen molar-refractivity contribution in [3.8, 4) is 33.8 Å². The van der Waals surface area contributed by atoms with Crippen LogP contribution in [0.4, 0.5) is 0 Å². The van der Waals surface area contributed by atoms with Crippen LogP contribution >= 0.6 is 0 Å². The van der Waals surface area contributed by atoms with E-state index in [-0.39, 0.29) is 11.5 Å². The lowest BCUT2D eigenvalue weighted by atomic mass is 9.90. The molecule has 2 heterocycles. The molecule has 4 rings (SSSR count). The fourth-order valence-electron chi connectivity index (χ4n) is 3.28. The number of phenolic OH excluding ortho intramolecular Hbond substituents is 2. The minimum Gasteiger partial charge on any atom is -0.508 e. The average molecular weight is 354 g/mol. The maximum atomic E-state index is 10.6. The Hall–Kier alpha value is -3.66. The minimum absolute atomic E-state index is 0.191. The van der Waals surface area contributed by atoms with Crippen molar-refractivity contribution in [2.45, 2.75) is 6.42 Å². The number of hydrogen-bond acceptors (Lipinski definition) is 4. The smallest absolute Gasteiger partial charge is 0.119 e. The molecule has 0 bridgehead atoms. The molecule has 2 N–H and O–H groups in total. The zero-order chi connectivity index (χ0) is 18.6. The predicted molar refractivity (Wildman–Crippen MR) is 105 cm³/mol. The second-order valence-corrected chi connectivity index (χ2v) is 6.27. The number of benzene rings is 2. The summed E-state index contributed by atoms with van der Waals surface area (Å²) in [6, 6.07) is 18.5. The van der Waals surface area contributed by atoms with Gasteiger partial charge in [0.05, 0.1) is 0 Å². The van der Waals surface area contributed by atoms with E-state index in [2.05, 4.69) is 9.97 Å². The van der Waals surface area contributed by atoms with Gasteiger partial charge in [-0.2, -0.15) is 0 Å². The van der Waals surface area contributed by atoms with Gasteiger partial charge in [0.25, 0.3) is 0 Å². The van der Waals surface area contributed by atoms with Crippen LogP contribution in [0.3, 0.4) is 0 Å². The Morgan fingerprint density at radius 2 is 1.07 bits per heavy atom. The van der Waals surface area contributed by atoms with Crippen molar-refractivity contribution in [3.63, 3.8) is 0 Å². The van der Waals surface area contributed by atoms with Crippen molar-refractivity contribution in [1.29, 1.82) is 0 Å². The maximum absolute atomic E-state index is 10.6. The van der Waals surface area contributed by atoms with Crippen molar-refractivity contribution in [1.82, 2.24) is 9.97 Å². The standard InChI is InChI=1S/C23H18N2O2/c26-22-9-1-7-18(16-5-3-11-24-14-16)20(22)13-21-19(8-2-10-23(21)27)17-6-4-12-25-15-17/h1-12,14-15,26-27H,13H2. The highest BCUT2D eigenvalue weighted by Gasteiger charge is 2.16. The number of pyridine rings is 2. The zero-order valence-corrected chi connectivity index (χ0v) is 14.6. The summed E-state index contributed by atoms with van der Waals surface area (Å²) >= 11 is 0. The van der Waals surface area contributed by atoms with Crippen LogP contribution in [0.2, 0.25) is 0 Å². The SMILES string of the molecule is Oc1cccc(-c2cccnc2)c1Cc1c(O)cccc1-c1cccnc1. The van der Waals surface area contributed by atoms with E-state index in [1.807, 2.05) is 48.5 Å². The Bertz CT molecular complexity index is 977. The van der Waals surface area contributed by atoms with Crippen molar-refractivity contribution in [2.75, 3.05) is 0 Å². The Kier molecular flexibility index (Phi) is 4.54. The largest absolute Gasteiger partial charge is 0.508 e. The number of hydrogen-bond donors (Lipinski definition) is 2. The Morgan fingerprint density at radius 3 is 1.48 bits per heavy atom. The first kappa shape index (κ1) is 16.8. The molecule has 0 atom stereocenters. The van der Waals surface area contributed by atoms with E-state index < -0.39 is 0 Å². The quantitative estimate of drug-likeness (QED) is 0.552. The van der Waals surface area contributed by atoms with Crippen molar-refractivity contribution in [3.05, 3.63) is 96.6 Å². The molecule has 4 aromatic rings. The molecule has 4 nitrogen and oxygen atoms in total. The normalized spacial score (nSPS) is 10.7. The molecular formula is C23H18N2O2. The molecule has 2 aromatic carbocycles. The van der Waals surface area contributed by atoms with Gasteiger partial charge >= 0.3 is 0 Å². The number of rotatable bonds is 4. The van der Waals surface area contributed by atoms with Crippen LogP contribution in [0, 0.1) is 0 Å². The van der Waals surface area contributed by atoms with Crippen LogP contribution < -0.4 is 0 Å². The summed E-state index contributed by atoms with van der Waals surface area (Å²) in [6.07, 6.45) is 7.36. The Balaban J connectivity index is 1.85. The third-order valence-corrected chi connectivity index (χ3v) is 4.60. The third kappa shape index (κ3) is 3.37. The number of aromatic nitrogens is 2. The molecule has 0 fully saturated rings. The fourth-order valence-corrected chi connectivity index (χ4v) is 3.28. The molecule has 0 aliphatic rings. The van der Waals surface area contributed by atoms with E-state index in [1.54, 1.807) is 36.9 Å². The van der Waals surface area contributed by atoms with E-state index in [4.69, 9.17) is 0 Å². The predicted octanol–water partition coefficient (Wildman–Crippen LogP) is 4.81. The first-order valence-corrected chi connectivity index (χ1v) is 8.66. The molecule has 0 saturated carbocycles. The highest BCUT2D eigenvalue weighted by atomic mass is 16.3. The van der Waals surface area contributed by atoms with Gasteiger partial charge in [-0.3, -0.25) is 9.97 Å². The zero-order valence-electron chi connectivity index (χ0n) is 14.6. The van der Waals surface area contributed by atoms with Crippen LogP contribution in [0.1, 0.15) is 11.1 Å². The summed E-state index contributed by atoms with van der Waals surface area (Å²) in [4.78, 5) is 8.36. The molecule has 4 heteroatoms. The van der Waals surface area contributed by atoms with Crippen LogP contribution in [-0.2, 0) is 6.42 Å². The van der Waals surface area contributed by atoms with E-state index in [0.29, 0.717) is 6.42 Å². The van der Waals surface area contributed by atoms with Crippen molar-refractivity contribution < 1.29 is 10.2 Å². The second kappa shape index (κ2) is 7.30. The molecular weight excluding hydrogens is 336 g/mol. The minimum atomic E-state index is 0.191. The van der Waals surface area contributed by atoms with Gasteiger partial charge in [0, 0.05) is 53.5 Å². The van der Waals surface area contributed by atoms with Gasteiger partial charge in [0.1, 0.15) is 11.5 Å². The van der Waals surface area contributed by atoms with E-state index in [9.17, 15) is 10.2 Å². The van der Waals surface area contributed by atoms with Crippen LogP contribution in [0.5, 0.6) is 11.5 Å². The Morgan fingerprint density at radius 1 is 0.593 bits per heavy atom. The molecule has 0 aliphatic carbocycles. The van der Waals surface area contributed by atoms with Gasteiger partial charge in [0.15, 0.2) is 0 Å². The lowest BCUT2D eigenvalue weighted by molar-refractivity contribution is 0.463. The topological polar surface area (TPSA) is 66.2 Å². The second-order valence-electron chi connectivity index (χ2n) is 6.27. The number of phenols is 2. The highest BCUT2D eigenvalue weighted by molar-refractivity contribution is 5.74. The lowest BCUT2D eigenvalue weighted by Crippen LogP contribution is -1.97. The Labute approximate surface area is 157 Å². The summed E-state index contributed by atoms with van der Waals surface area (Å²) in [5.41, 5.74) is 5.12. The maximum Gasteiger partial charge on any atom is 0.119 e. The number of aromatic hydroxyl groups is 2. The van der Waals surface area contributed by atoms with Gasteiger partial charge in [-0.25, -0.2) is 0 Å². The van der Waals surface area contributed by atoms with Gasteiger partial charge < -0.3 is 10.2 Å². The van der Waals surface area contributed by atoms with E-state index in [0.717, 1.165) is 33.4 Å². The first-order valence-electron chi connectivity index (χ1n) is 8.66. The fraction of sp³-hybridized carbons (Fsp3) is 0.0435. The molecule has 0 aliphatic heterocycles. The van der Waals surface area contributed by atoms with Gasteiger partial charge in [0.2, 0.25) is 0 Å². The van der Waals surface area contributed by atoms with Gasteiger partial charge in [-0.1, -0.05) is 36.4 Å². The van der Waals surface area contributed by atoms with Crippen LogP contribution in [-0.4, -0.2) is 20.2 Å². The first-order chi connectivity index (χ1) is 13.2. The van der Waals surface area contributed by atoms with Crippen molar-refractivity contribution in [2.24, 2.45) is 0 Å². The van der Waals surface area contributed by atoms with Crippen molar-refractivity contribution >= 4 is 0 Å². The molecule has 0 spiro atoms. The summed E-state index contributed by atoms with van der Waals surface area (Å²) in [6.45, 7) is 0. The molecule has 132 valence electrons. The molecule has 2 aromatic heterocycles. The molecule has 27 heavy (non-hydrogen) atoms. The summed E-state index contributed by atoms with van der Waals surface area (Å²) in [7, 11) is 0. The third-order valence-electron chi connectivity index (χ3n) is 4.60. The molecule has 0 saturated heterocycles. The monoisotopic (exact) mass is 354 g/mol. The summed E-state index contributed by atoms with van der Waals surface area (Å²) in [5.74, 6) is 0.383. The van der Waals surface area contributed by atoms with Gasteiger partial charge in [-0.05, 0) is 35.4 Å². The van der Waals surface area contributed by atoms with E-state index >= 15 is 0 Å². The lowest BCUT2D eigenvalue weighted by Gasteiger charge is -2.16. The number of nitrogens with zero attached hydrogens (tertiary/aromatic N) is 2. The van der Waals surface area contributed by atoms with Gasteiger partial charge in [-0.15, -0.1) is 0 Å². The summed E-state index contributed by atoms with van der Waals surface area (Å²) < 4.78 is 0. The molecule has 0 unspecified atom stereocenters. The summed E-state index contributed by atoms with van der Waals surface area (Å²) in [5, 5.41) is 21.1. The van der Waals surface area contributed by atoms with Crippen LogP contribution in [0.25, 0.3) is 22.3 Å².